The second kappa shape index (κ2) is 2.92. The van der Waals surface area contributed by atoms with Crippen molar-refractivity contribution in [2.75, 3.05) is 0 Å². The Balaban J connectivity index is 2.96. The van der Waals surface area contributed by atoms with Gasteiger partial charge in [0.2, 0.25) is 0 Å². The first-order valence-corrected chi connectivity index (χ1v) is 4.68. The highest BCUT2D eigenvalue weighted by molar-refractivity contribution is 5.05. The van der Waals surface area contributed by atoms with Gasteiger partial charge in [-0.3, -0.25) is 0 Å². The fraction of sp³-hybridized carbons (Fsp3) is 1.00. The van der Waals surface area contributed by atoms with Crippen LogP contribution in [0.5, 0.6) is 0 Å². The summed E-state index contributed by atoms with van der Waals surface area (Å²) in [6, 6.07) is -0.340. The molecule has 4 nitrogen and oxygen atoms in total. The monoisotopic (exact) mass is 186 g/mol. The van der Waals surface area contributed by atoms with Gasteiger partial charge in [-0.2, -0.15) is 0 Å². The van der Waals surface area contributed by atoms with Gasteiger partial charge in [-0.25, -0.2) is 0 Å². The molecule has 1 saturated heterocycles. The molecule has 2 atom stereocenters. The Bertz CT molecular complexity index is 203. The highest BCUT2D eigenvalue weighted by atomic mass is 16.5. The third-order valence-electron chi connectivity index (χ3n) is 3.09. The summed E-state index contributed by atoms with van der Waals surface area (Å²) >= 11 is 0. The summed E-state index contributed by atoms with van der Waals surface area (Å²) in [6.45, 7) is 7.53. The molecule has 1 rings (SSSR count). The Morgan fingerprint density at radius 1 is 1.23 bits per heavy atom. The van der Waals surface area contributed by atoms with Crippen LogP contribution in [-0.4, -0.2) is 28.2 Å². The van der Waals surface area contributed by atoms with Crippen molar-refractivity contribution in [2.45, 2.75) is 57.3 Å². The molecule has 1 aliphatic rings. The number of hydrogen-bond acceptors (Lipinski definition) is 3. The van der Waals surface area contributed by atoms with Crippen molar-refractivity contribution in [2.24, 2.45) is 11.5 Å². The van der Waals surface area contributed by atoms with E-state index in [1.807, 2.05) is 27.7 Å². The summed E-state index contributed by atoms with van der Waals surface area (Å²) in [7, 11) is 0. The molecule has 0 aromatic carbocycles. The third-order valence-corrected chi connectivity index (χ3v) is 3.09. The van der Waals surface area contributed by atoms with Crippen molar-refractivity contribution in [3.63, 3.8) is 0 Å². The van der Waals surface area contributed by atoms with Crippen LogP contribution in [0.15, 0.2) is 0 Å². The number of nitrogens with two attached hydrogens (primary N) is 2. The number of rotatable bonds is 0. The fourth-order valence-corrected chi connectivity index (χ4v) is 2.23. The van der Waals surface area contributed by atoms with Crippen LogP contribution in [0.3, 0.4) is 0 Å². The topological polar surface area (TPSA) is 75.2 Å². The summed E-state index contributed by atoms with van der Waals surface area (Å²) in [6.07, 6.45) is 0.654. The van der Waals surface area contributed by atoms with Gasteiger partial charge < -0.3 is 11.5 Å². The summed E-state index contributed by atoms with van der Waals surface area (Å²) in [5.74, 6) is 0. The Hall–Kier alpha value is -0.160. The minimum absolute atomic E-state index is 0.0878. The van der Waals surface area contributed by atoms with Gasteiger partial charge in [-0.1, -0.05) is 0 Å². The number of piperidine rings is 1. The van der Waals surface area contributed by atoms with Crippen molar-refractivity contribution >= 4 is 0 Å². The first-order valence-electron chi connectivity index (χ1n) is 4.68. The SMILES string of the molecule is CC1(C)CC(N)C(N)C(C)(C)N1[O]. The minimum Gasteiger partial charge on any atom is -0.326 e. The molecule has 0 aromatic rings. The third kappa shape index (κ3) is 1.59. The first-order chi connectivity index (χ1) is 5.69. The number of hydroxylamine groups is 2. The van der Waals surface area contributed by atoms with Gasteiger partial charge in [0.15, 0.2) is 0 Å². The fourth-order valence-electron chi connectivity index (χ4n) is 2.23. The van der Waals surface area contributed by atoms with E-state index in [1.54, 1.807) is 0 Å². The molecule has 4 heteroatoms. The van der Waals surface area contributed by atoms with Crippen LogP contribution >= 0.6 is 0 Å². The molecular weight excluding hydrogens is 166 g/mol. The largest absolute Gasteiger partial charge is 0.326 e. The lowest BCUT2D eigenvalue weighted by Crippen LogP contribution is -2.71. The molecule has 1 aliphatic heterocycles. The van der Waals surface area contributed by atoms with E-state index in [-0.39, 0.29) is 12.1 Å². The Kier molecular flexibility index (Phi) is 2.45. The molecule has 77 valence electrons. The lowest BCUT2D eigenvalue weighted by molar-refractivity contribution is -0.293. The maximum Gasteiger partial charge on any atom is 0.0609 e. The number of nitrogens with zero attached hydrogens (tertiary/aromatic N) is 1. The summed E-state index contributed by atoms with van der Waals surface area (Å²) in [4.78, 5) is 0. The van der Waals surface area contributed by atoms with E-state index >= 15 is 0 Å². The molecular formula is C9H20N3O. The highest BCUT2D eigenvalue weighted by Gasteiger charge is 2.50. The average Bonchev–Trinajstić information content (AvgIpc) is 1.98. The Morgan fingerprint density at radius 2 is 1.69 bits per heavy atom. The molecule has 0 bridgehead atoms. The molecule has 0 amide bonds. The van der Waals surface area contributed by atoms with Gasteiger partial charge in [0.1, 0.15) is 0 Å². The molecule has 1 fully saturated rings. The zero-order chi connectivity index (χ0) is 10.4. The van der Waals surface area contributed by atoms with Crippen LogP contribution in [0.1, 0.15) is 34.1 Å². The second-order valence-corrected chi connectivity index (χ2v) is 5.15. The van der Waals surface area contributed by atoms with E-state index in [9.17, 15) is 5.21 Å². The predicted molar refractivity (Wildman–Crippen MR) is 51.3 cm³/mol. The van der Waals surface area contributed by atoms with Crippen LogP contribution in [0.4, 0.5) is 0 Å². The second-order valence-electron chi connectivity index (χ2n) is 5.15. The van der Waals surface area contributed by atoms with Crippen LogP contribution in [0.25, 0.3) is 0 Å². The molecule has 4 N–H and O–H groups in total. The minimum atomic E-state index is -0.568. The van der Waals surface area contributed by atoms with Crippen molar-refractivity contribution in [1.29, 1.82) is 0 Å². The van der Waals surface area contributed by atoms with Crippen molar-refractivity contribution in [3.8, 4) is 0 Å². The van der Waals surface area contributed by atoms with Gasteiger partial charge in [-0.05, 0) is 34.1 Å². The van der Waals surface area contributed by atoms with Crippen LogP contribution in [-0.2, 0) is 5.21 Å². The van der Waals surface area contributed by atoms with E-state index in [1.165, 1.54) is 0 Å². The van der Waals surface area contributed by atoms with E-state index in [0.29, 0.717) is 6.42 Å². The van der Waals surface area contributed by atoms with E-state index in [0.717, 1.165) is 5.06 Å². The summed E-state index contributed by atoms with van der Waals surface area (Å²) in [5.41, 5.74) is 10.8. The summed E-state index contributed by atoms with van der Waals surface area (Å²) < 4.78 is 0. The number of hydrogen-bond donors (Lipinski definition) is 2. The maximum absolute atomic E-state index is 11.9. The molecule has 0 aliphatic carbocycles. The zero-order valence-corrected chi connectivity index (χ0v) is 8.87. The van der Waals surface area contributed by atoms with Crippen molar-refractivity contribution in [1.82, 2.24) is 5.06 Å². The molecule has 13 heavy (non-hydrogen) atoms. The lowest BCUT2D eigenvalue weighted by Gasteiger charge is -2.52. The Morgan fingerprint density at radius 3 is 2.15 bits per heavy atom. The predicted octanol–water partition coefficient (Wildman–Crippen LogP) is 0.249. The standard InChI is InChI=1S/C9H20N3O/c1-8(2)5-6(10)7(11)9(3,4)12(8)13/h6-7H,5,10-11H2,1-4H3. The molecule has 1 heterocycles. The van der Waals surface area contributed by atoms with Gasteiger partial charge in [0, 0.05) is 17.6 Å². The van der Waals surface area contributed by atoms with Crippen LogP contribution in [0, 0.1) is 0 Å². The van der Waals surface area contributed by atoms with Crippen LogP contribution in [0.2, 0.25) is 0 Å². The molecule has 0 spiro atoms. The average molecular weight is 186 g/mol. The van der Waals surface area contributed by atoms with Gasteiger partial charge in [-0.15, -0.1) is 10.3 Å². The zero-order valence-electron chi connectivity index (χ0n) is 8.87. The molecule has 0 aromatic heterocycles. The van der Waals surface area contributed by atoms with Crippen LogP contribution < -0.4 is 11.5 Å². The Labute approximate surface area is 79.8 Å². The maximum atomic E-state index is 11.9. The van der Waals surface area contributed by atoms with Crippen molar-refractivity contribution < 1.29 is 5.21 Å². The van der Waals surface area contributed by atoms with E-state index in [4.69, 9.17) is 11.5 Å². The highest BCUT2D eigenvalue weighted by Crippen LogP contribution is 2.35. The summed E-state index contributed by atoms with van der Waals surface area (Å²) in [5, 5.41) is 13.0. The lowest BCUT2D eigenvalue weighted by atomic mass is 9.76. The molecule has 0 saturated carbocycles. The van der Waals surface area contributed by atoms with E-state index < -0.39 is 11.1 Å². The quantitative estimate of drug-likeness (QED) is 0.569. The van der Waals surface area contributed by atoms with Gasteiger partial charge >= 0.3 is 0 Å². The van der Waals surface area contributed by atoms with Gasteiger partial charge in [0.05, 0.1) is 5.54 Å². The van der Waals surface area contributed by atoms with E-state index in [2.05, 4.69) is 0 Å². The van der Waals surface area contributed by atoms with Crippen molar-refractivity contribution in [3.05, 3.63) is 0 Å². The van der Waals surface area contributed by atoms with Gasteiger partial charge in [0.25, 0.3) is 0 Å². The smallest absolute Gasteiger partial charge is 0.0609 e. The first kappa shape index (κ1) is 10.9. The molecule has 2 unspecified atom stereocenters. The molecule has 1 radical (unpaired) electrons. The normalized spacial score (nSPS) is 39.0.